The molecule has 0 saturated carbocycles. The Morgan fingerprint density at radius 3 is 2.44 bits per heavy atom. The van der Waals surface area contributed by atoms with Crippen LogP contribution in [0.3, 0.4) is 0 Å². The zero-order valence-electron chi connectivity index (χ0n) is 15.5. The van der Waals surface area contributed by atoms with Gasteiger partial charge in [0.15, 0.2) is 10.6 Å². The van der Waals surface area contributed by atoms with Crippen molar-refractivity contribution in [3.8, 4) is 5.75 Å². The Labute approximate surface area is 163 Å². The van der Waals surface area contributed by atoms with E-state index in [0.717, 1.165) is 0 Å². The predicted molar refractivity (Wildman–Crippen MR) is 102 cm³/mol. The van der Waals surface area contributed by atoms with E-state index in [0.29, 0.717) is 16.3 Å². The van der Waals surface area contributed by atoms with Crippen LogP contribution >= 0.6 is 12.2 Å². The molecule has 1 aromatic carbocycles. The van der Waals surface area contributed by atoms with Crippen LogP contribution in [-0.4, -0.2) is 42.2 Å². The van der Waals surface area contributed by atoms with E-state index in [9.17, 15) is 13.2 Å². The summed E-state index contributed by atoms with van der Waals surface area (Å²) in [5.41, 5.74) is 0. The second kappa shape index (κ2) is 8.63. The minimum Gasteiger partial charge on any atom is -0.497 e. The monoisotopic (exact) mass is 413 g/mol. The highest BCUT2D eigenvalue weighted by atomic mass is 32.2. The molecule has 1 amide bonds. The number of ether oxygens (including phenoxy) is 1. The van der Waals surface area contributed by atoms with Crippen LogP contribution in [0.25, 0.3) is 0 Å². The zero-order chi connectivity index (χ0) is 20.2. The summed E-state index contributed by atoms with van der Waals surface area (Å²) in [6, 6.07) is 4.99. The van der Waals surface area contributed by atoms with Gasteiger partial charge in [-0.25, -0.2) is 8.42 Å². The molecule has 0 aliphatic rings. The zero-order valence-corrected chi connectivity index (χ0v) is 17.1. The van der Waals surface area contributed by atoms with E-state index in [1.807, 2.05) is 0 Å². The summed E-state index contributed by atoms with van der Waals surface area (Å²) >= 11 is 5.02. The van der Waals surface area contributed by atoms with Crippen molar-refractivity contribution in [3.63, 3.8) is 0 Å². The van der Waals surface area contributed by atoms with Gasteiger partial charge in [0, 0.05) is 7.05 Å². The number of hydrogen-bond acceptors (Lipinski definition) is 6. The Bertz CT molecular complexity index is 948. The first kappa shape index (κ1) is 21.1. The Morgan fingerprint density at radius 2 is 1.96 bits per heavy atom. The molecule has 148 valence electrons. The van der Waals surface area contributed by atoms with Crippen molar-refractivity contribution in [3.05, 3.63) is 34.9 Å². The maximum atomic E-state index is 12.6. The summed E-state index contributed by atoms with van der Waals surface area (Å²) in [7, 11) is -0.655. The maximum Gasteiger partial charge on any atom is 0.241 e. The van der Waals surface area contributed by atoms with Crippen LogP contribution in [-0.2, 0) is 28.4 Å². The SMILES string of the molecule is COc1ccc(S(=O)(=O)N[C@H](C(=O)NCc2n[nH]c(=S)n2C)C(C)C)cc1. The van der Waals surface area contributed by atoms with Crippen LogP contribution in [0.1, 0.15) is 19.7 Å². The predicted octanol–water partition coefficient (Wildman–Crippen LogP) is 1.11. The lowest BCUT2D eigenvalue weighted by Gasteiger charge is -2.21. The molecule has 0 aliphatic carbocycles. The van der Waals surface area contributed by atoms with Crippen LogP contribution in [0.15, 0.2) is 29.2 Å². The molecule has 11 heteroatoms. The highest BCUT2D eigenvalue weighted by Crippen LogP contribution is 2.16. The Hall–Kier alpha value is -2.24. The number of aromatic nitrogens is 3. The van der Waals surface area contributed by atoms with Crippen LogP contribution in [0.4, 0.5) is 0 Å². The second-order valence-corrected chi connectivity index (χ2v) is 8.34. The number of carbonyl (C=O) groups is 1. The Morgan fingerprint density at radius 1 is 1.33 bits per heavy atom. The number of nitrogens with one attached hydrogen (secondary N) is 3. The number of sulfonamides is 1. The molecule has 0 saturated heterocycles. The van der Waals surface area contributed by atoms with Gasteiger partial charge in [-0.15, -0.1) is 0 Å². The molecule has 1 heterocycles. The average molecular weight is 414 g/mol. The van der Waals surface area contributed by atoms with Gasteiger partial charge in [-0.3, -0.25) is 9.89 Å². The fraction of sp³-hybridized carbons (Fsp3) is 0.438. The van der Waals surface area contributed by atoms with Crippen molar-refractivity contribution in [2.75, 3.05) is 7.11 Å². The van der Waals surface area contributed by atoms with Crippen LogP contribution < -0.4 is 14.8 Å². The van der Waals surface area contributed by atoms with Crippen molar-refractivity contribution in [2.24, 2.45) is 13.0 Å². The van der Waals surface area contributed by atoms with Crippen molar-refractivity contribution in [1.29, 1.82) is 0 Å². The highest BCUT2D eigenvalue weighted by Gasteiger charge is 2.28. The third-order valence-electron chi connectivity index (χ3n) is 3.99. The summed E-state index contributed by atoms with van der Waals surface area (Å²) in [6.07, 6.45) is 0. The van der Waals surface area contributed by atoms with Gasteiger partial charge in [0.1, 0.15) is 11.8 Å². The molecule has 0 unspecified atom stereocenters. The summed E-state index contributed by atoms with van der Waals surface area (Å²) < 4.78 is 34.8. The molecule has 0 fully saturated rings. The highest BCUT2D eigenvalue weighted by molar-refractivity contribution is 7.89. The van der Waals surface area contributed by atoms with Crippen LogP contribution in [0.5, 0.6) is 5.75 Å². The lowest BCUT2D eigenvalue weighted by Crippen LogP contribution is -2.49. The molecule has 3 N–H and O–H groups in total. The second-order valence-electron chi connectivity index (χ2n) is 6.24. The molecular formula is C16H23N5O4S2. The van der Waals surface area contributed by atoms with E-state index >= 15 is 0 Å². The number of rotatable bonds is 8. The molecule has 2 rings (SSSR count). The minimum atomic E-state index is -3.87. The number of methoxy groups -OCH3 is 1. The summed E-state index contributed by atoms with van der Waals surface area (Å²) in [5.74, 6) is 0.366. The molecular weight excluding hydrogens is 390 g/mol. The smallest absolute Gasteiger partial charge is 0.241 e. The standard InChI is InChI=1S/C16H23N5O4S2/c1-10(2)14(15(22)17-9-13-18-19-16(26)21(13)3)20-27(23,24)12-7-5-11(25-4)6-8-12/h5-8,10,14,20H,9H2,1-4H3,(H,17,22)(H,19,26)/t14-/m0/s1. The van der Waals surface area contributed by atoms with Gasteiger partial charge in [-0.1, -0.05) is 13.8 Å². The van der Waals surface area contributed by atoms with E-state index < -0.39 is 22.0 Å². The summed E-state index contributed by atoms with van der Waals surface area (Å²) in [6.45, 7) is 3.64. The summed E-state index contributed by atoms with van der Waals surface area (Å²) in [4.78, 5) is 12.6. The number of benzene rings is 1. The fourth-order valence-electron chi connectivity index (χ4n) is 2.30. The Balaban J connectivity index is 2.12. The molecule has 0 spiro atoms. The largest absolute Gasteiger partial charge is 0.497 e. The van der Waals surface area contributed by atoms with E-state index in [1.54, 1.807) is 37.6 Å². The maximum absolute atomic E-state index is 12.6. The molecule has 0 bridgehead atoms. The third kappa shape index (κ3) is 5.15. The van der Waals surface area contributed by atoms with Gasteiger partial charge in [0.05, 0.1) is 18.6 Å². The van der Waals surface area contributed by atoms with E-state index in [-0.39, 0.29) is 17.4 Å². The van der Waals surface area contributed by atoms with Gasteiger partial charge in [0.25, 0.3) is 0 Å². The molecule has 9 nitrogen and oxygen atoms in total. The number of amides is 1. The van der Waals surface area contributed by atoms with Gasteiger partial charge < -0.3 is 14.6 Å². The average Bonchev–Trinajstić information content (AvgIpc) is 2.96. The number of carbonyl (C=O) groups excluding carboxylic acids is 1. The minimum absolute atomic E-state index is 0.0520. The van der Waals surface area contributed by atoms with Gasteiger partial charge in [0.2, 0.25) is 15.9 Å². The molecule has 27 heavy (non-hydrogen) atoms. The first-order chi connectivity index (χ1) is 12.7. The van der Waals surface area contributed by atoms with Crippen LogP contribution in [0, 0.1) is 10.7 Å². The molecule has 0 aliphatic heterocycles. The number of hydrogen-bond donors (Lipinski definition) is 3. The van der Waals surface area contributed by atoms with E-state index in [1.165, 1.54) is 19.2 Å². The molecule has 1 atom stereocenters. The molecule has 2 aromatic rings. The van der Waals surface area contributed by atoms with Gasteiger partial charge >= 0.3 is 0 Å². The van der Waals surface area contributed by atoms with Crippen molar-refractivity contribution in [1.82, 2.24) is 24.8 Å². The number of aromatic amines is 1. The van der Waals surface area contributed by atoms with E-state index in [4.69, 9.17) is 17.0 Å². The molecule has 1 aromatic heterocycles. The fourth-order valence-corrected chi connectivity index (χ4v) is 3.79. The summed E-state index contributed by atoms with van der Waals surface area (Å²) in [5, 5.41) is 9.33. The van der Waals surface area contributed by atoms with Gasteiger partial charge in [-0.2, -0.15) is 9.82 Å². The lowest BCUT2D eigenvalue weighted by molar-refractivity contribution is -0.123. The van der Waals surface area contributed by atoms with Crippen LogP contribution in [0.2, 0.25) is 0 Å². The van der Waals surface area contributed by atoms with Crippen molar-refractivity contribution in [2.45, 2.75) is 31.3 Å². The van der Waals surface area contributed by atoms with E-state index in [2.05, 4.69) is 20.2 Å². The topological polar surface area (TPSA) is 118 Å². The normalized spacial score (nSPS) is 12.8. The van der Waals surface area contributed by atoms with Crippen molar-refractivity contribution < 1.29 is 17.9 Å². The lowest BCUT2D eigenvalue weighted by atomic mass is 10.1. The first-order valence-corrected chi connectivity index (χ1v) is 10.1. The Kier molecular flexibility index (Phi) is 6.73. The first-order valence-electron chi connectivity index (χ1n) is 8.20. The number of H-pyrrole nitrogens is 1. The van der Waals surface area contributed by atoms with Crippen molar-refractivity contribution >= 4 is 28.1 Å². The van der Waals surface area contributed by atoms with Gasteiger partial charge in [-0.05, 0) is 42.4 Å². The third-order valence-corrected chi connectivity index (χ3v) is 5.82. The molecule has 0 radical (unpaired) electrons. The quantitative estimate of drug-likeness (QED) is 0.558. The number of nitrogens with zero attached hydrogens (tertiary/aromatic N) is 2.